The Hall–Kier alpha value is -1.30. The Bertz CT molecular complexity index is 302. The minimum Gasteiger partial charge on any atom is -0.492 e. The van der Waals surface area contributed by atoms with Crippen LogP contribution in [0.2, 0.25) is 0 Å². The molecule has 5 nitrogen and oxygen atoms in total. The van der Waals surface area contributed by atoms with E-state index >= 15 is 0 Å². The van der Waals surface area contributed by atoms with Crippen LogP contribution >= 0.6 is 11.3 Å². The second-order valence-corrected chi connectivity index (χ2v) is 2.65. The zero-order valence-electron chi connectivity index (χ0n) is 4.72. The summed E-state index contributed by atoms with van der Waals surface area (Å²) in [4.78, 5) is 4.13. The van der Waals surface area contributed by atoms with Crippen molar-refractivity contribution in [3.8, 4) is 11.1 Å². The number of aromatic hydroxyl groups is 2. The van der Waals surface area contributed by atoms with Crippen molar-refractivity contribution < 1.29 is 10.2 Å². The zero-order valence-corrected chi connectivity index (χ0v) is 5.54. The maximum atomic E-state index is 8.80. The van der Waals surface area contributed by atoms with Crippen molar-refractivity contribution in [2.45, 2.75) is 0 Å². The first-order valence-electron chi connectivity index (χ1n) is 2.50. The summed E-state index contributed by atoms with van der Waals surface area (Å²) >= 11 is 1.01. The Balaban J connectivity index is 2.83. The van der Waals surface area contributed by atoms with Crippen molar-refractivity contribution >= 4 is 16.3 Å². The molecule has 0 amide bonds. The first kappa shape index (κ1) is 5.48. The molecule has 0 radical (unpaired) electrons. The van der Waals surface area contributed by atoms with Crippen LogP contribution in [0.5, 0.6) is 11.1 Å². The largest absolute Gasteiger partial charge is 0.492 e. The maximum Gasteiger partial charge on any atom is 0.291 e. The second kappa shape index (κ2) is 1.60. The van der Waals surface area contributed by atoms with Crippen LogP contribution in [-0.4, -0.2) is 24.8 Å². The highest BCUT2D eigenvalue weighted by Crippen LogP contribution is 2.20. The lowest BCUT2D eigenvalue weighted by molar-refractivity contribution is 0.452. The van der Waals surface area contributed by atoms with Gasteiger partial charge in [-0.15, -0.1) is 5.10 Å². The molecule has 2 aromatic rings. The molecule has 0 atom stereocenters. The van der Waals surface area contributed by atoms with Gasteiger partial charge in [-0.2, -0.15) is 4.98 Å². The van der Waals surface area contributed by atoms with E-state index in [0.29, 0.717) is 4.96 Å². The molecule has 6 heteroatoms. The van der Waals surface area contributed by atoms with Gasteiger partial charge in [0.2, 0.25) is 10.8 Å². The molecule has 52 valence electrons. The lowest BCUT2D eigenvalue weighted by Crippen LogP contribution is -1.76. The number of nitrogens with zero attached hydrogens (tertiary/aromatic N) is 3. The molecule has 0 aromatic carbocycles. The average Bonchev–Trinajstić information content (AvgIpc) is 2.21. The standard InChI is InChI=1S/C4H3N3O2S/c8-2-1-7-3(5-2)10-4(9)6-7/h1,8H,(H,6,9). The van der Waals surface area contributed by atoms with E-state index in [1.54, 1.807) is 0 Å². The van der Waals surface area contributed by atoms with E-state index in [-0.39, 0.29) is 11.1 Å². The number of imidazole rings is 1. The van der Waals surface area contributed by atoms with Crippen LogP contribution < -0.4 is 0 Å². The predicted octanol–water partition coefficient (Wildman–Crippen LogP) is 0.202. The zero-order chi connectivity index (χ0) is 7.14. The van der Waals surface area contributed by atoms with Crippen molar-refractivity contribution in [2.24, 2.45) is 0 Å². The SMILES string of the molecule is Oc1cn2nc(O)sc2n1. The summed E-state index contributed by atoms with van der Waals surface area (Å²) in [7, 11) is 0. The highest BCUT2D eigenvalue weighted by atomic mass is 32.1. The Morgan fingerprint density at radius 3 is 3.00 bits per heavy atom. The van der Waals surface area contributed by atoms with Gasteiger partial charge < -0.3 is 10.2 Å². The second-order valence-electron chi connectivity index (χ2n) is 1.71. The van der Waals surface area contributed by atoms with Gasteiger partial charge in [0.05, 0.1) is 6.20 Å². The summed E-state index contributed by atoms with van der Waals surface area (Å²) in [6.07, 6.45) is 1.32. The number of aromatic nitrogens is 3. The number of hydrogen-bond acceptors (Lipinski definition) is 5. The van der Waals surface area contributed by atoms with Crippen LogP contribution in [0.3, 0.4) is 0 Å². The molecule has 0 aliphatic carbocycles. The average molecular weight is 157 g/mol. The predicted molar refractivity (Wildman–Crippen MR) is 34.2 cm³/mol. The molecule has 0 spiro atoms. The van der Waals surface area contributed by atoms with Gasteiger partial charge in [-0.05, 0) is 11.3 Å². The summed E-state index contributed by atoms with van der Waals surface area (Å²) in [5, 5.41) is 21.1. The molecule has 0 unspecified atom stereocenters. The van der Waals surface area contributed by atoms with Crippen molar-refractivity contribution in [3.63, 3.8) is 0 Å². The van der Waals surface area contributed by atoms with Gasteiger partial charge >= 0.3 is 0 Å². The van der Waals surface area contributed by atoms with Crippen LogP contribution in [0.1, 0.15) is 0 Å². The van der Waals surface area contributed by atoms with E-state index in [1.807, 2.05) is 0 Å². The van der Waals surface area contributed by atoms with E-state index in [2.05, 4.69) is 10.1 Å². The molecule has 2 aromatic heterocycles. The molecule has 0 aliphatic rings. The van der Waals surface area contributed by atoms with Gasteiger partial charge in [-0.1, -0.05) is 0 Å². The molecule has 0 saturated heterocycles. The molecule has 2 rings (SSSR count). The normalized spacial score (nSPS) is 10.8. The molecule has 0 fully saturated rings. The third kappa shape index (κ3) is 0.623. The Morgan fingerprint density at radius 2 is 2.30 bits per heavy atom. The van der Waals surface area contributed by atoms with E-state index < -0.39 is 0 Å². The molecule has 0 bridgehead atoms. The fourth-order valence-electron chi connectivity index (χ4n) is 0.678. The molecule has 2 N–H and O–H groups in total. The smallest absolute Gasteiger partial charge is 0.291 e. The monoisotopic (exact) mass is 157 g/mol. The Labute approximate surface area is 59.2 Å². The van der Waals surface area contributed by atoms with E-state index in [1.165, 1.54) is 10.7 Å². The summed E-state index contributed by atoms with van der Waals surface area (Å²) in [6.45, 7) is 0. The van der Waals surface area contributed by atoms with E-state index in [0.717, 1.165) is 11.3 Å². The van der Waals surface area contributed by atoms with Crippen LogP contribution in [-0.2, 0) is 0 Å². The first-order valence-corrected chi connectivity index (χ1v) is 3.31. The van der Waals surface area contributed by atoms with Gasteiger partial charge in [-0.25, -0.2) is 4.52 Å². The van der Waals surface area contributed by atoms with Crippen LogP contribution in [0, 0.1) is 0 Å². The van der Waals surface area contributed by atoms with E-state index in [9.17, 15) is 0 Å². The van der Waals surface area contributed by atoms with Crippen molar-refractivity contribution in [1.29, 1.82) is 0 Å². The van der Waals surface area contributed by atoms with E-state index in [4.69, 9.17) is 10.2 Å². The van der Waals surface area contributed by atoms with Crippen molar-refractivity contribution in [2.75, 3.05) is 0 Å². The third-order valence-electron chi connectivity index (χ3n) is 1.02. The summed E-state index contributed by atoms with van der Waals surface area (Å²) in [6, 6.07) is 0. The van der Waals surface area contributed by atoms with Gasteiger partial charge in [0.15, 0.2) is 0 Å². The fourth-order valence-corrected chi connectivity index (χ4v) is 1.30. The summed E-state index contributed by atoms with van der Waals surface area (Å²) in [5.41, 5.74) is 0. The molecular formula is C4H3N3O2S. The Kier molecular flexibility index (Phi) is 0.877. The van der Waals surface area contributed by atoms with Crippen molar-refractivity contribution in [3.05, 3.63) is 6.20 Å². The fraction of sp³-hybridized carbons (Fsp3) is 0. The number of hydrogen-bond donors (Lipinski definition) is 2. The summed E-state index contributed by atoms with van der Waals surface area (Å²) in [5.74, 6) is -0.0845. The van der Waals surface area contributed by atoms with Crippen LogP contribution in [0.15, 0.2) is 6.20 Å². The van der Waals surface area contributed by atoms with Crippen LogP contribution in [0.25, 0.3) is 4.96 Å². The molecule has 0 aliphatic heterocycles. The third-order valence-corrected chi connectivity index (χ3v) is 1.74. The lowest BCUT2D eigenvalue weighted by Gasteiger charge is -1.74. The van der Waals surface area contributed by atoms with Gasteiger partial charge in [0.1, 0.15) is 0 Å². The molecule has 10 heavy (non-hydrogen) atoms. The summed E-state index contributed by atoms with van der Waals surface area (Å²) < 4.78 is 1.31. The topological polar surface area (TPSA) is 70.7 Å². The molecular weight excluding hydrogens is 154 g/mol. The number of rotatable bonds is 0. The Morgan fingerprint density at radius 1 is 1.50 bits per heavy atom. The molecule has 2 heterocycles. The minimum absolute atomic E-state index is 0.0532. The lowest BCUT2D eigenvalue weighted by atomic mass is 10.9. The van der Waals surface area contributed by atoms with Gasteiger partial charge in [0, 0.05) is 0 Å². The molecule has 0 saturated carbocycles. The quantitative estimate of drug-likeness (QED) is 0.573. The van der Waals surface area contributed by atoms with Gasteiger partial charge in [-0.3, -0.25) is 0 Å². The minimum atomic E-state index is -0.0845. The van der Waals surface area contributed by atoms with Gasteiger partial charge in [0.25, 0.3) is 5.19 Å². The highest BCUT2D eigenvalue weighted by Gasteiger charge is 2.04. The maximum absolute atomic E-state index is 8.80. The van der Waals surface area contributed by atoms with Crippen molar-refractivity contribution in [1.82, 2.24) is 14.6 Å². The van der Waals surface area contributed by atoms with Crippen LogP contribution in [0.4, 0.5) is 0 Å². The number of fused-ring (bicyclic) bond motifs is 1. The first-order chi connectivity index (χ1) is 4.75. The highest BCUT2D eigenvalue weighted by molar-refractivity contribution is 7.18.